The first-order valence-electron chi connectivity index (χ1n) is 6.88. The van der Waals surface area contributed by atoms with Gasteiger partial charge in [-0.2, -0.15) is 0 Å². The van der Waals surface area contributed by atoms with E-state index < -0.39 is 40.8 Å². The van der Waals surface area contributed by atoms with Crippen LogP contribution in [0.5, 0.6) is 0 Å². The molecule has 2 N–H and O–H groups in total. The largest absolute Gasteiger partial charge is 1.00 e. The third-order valence-corrected chi connectivity index (χ3v) is 5.73. The first-order valence-corrected chi connectivity index (χ1v) is 9.76. The summed E-state index contributed by atoms with van der Waals surface area (Å²) >= 11 is 0. The summed E-state index contributed by atoms with van der Waals surface area (Å²) in [5, 5.41) is 9.51. The molecule has 0 radical (unpaired) electrons. The fraction of sp³-hybridized carbons (Fsp3) is 0.143. The Kier molecular flexibility index (Phi) is 9.79. The van der Waals surface area contributed by atoms with Crippen molar-refractivity contribution in [2.45, 2.75) is 15.7 Å². The number of hydrogen-bond acceptors (Lipinski definition) is 9. The zero-order valence-electron chi connectivity index (χ0n) is 14.9. The zero-order valence-corrected chi connectivity index (χ0v) is 20.5. The van der Waals surface area contributed by atoms with Crippen LogP contribution in [0.2, 0.25) is 0 Å². The van der Waals surface area contributed by atoms with Crippen molar-refractivity contribution in [3.05, 3.63) is 64.3 Å². The van der Waals surface area contributed by atoms with Crippen LogP contribution >= 0.6 is 0 Å². The third-order valence-electron chi connectivity index (χ3n) is 3.68. The van der Waals surface area contributed by atoms with Gasteiger partial charge in [0.15, 0.2) is 0 Å². The topological polar surface area (TPSA) is 184 Å². The number of nitrogen functional groups attached to an aromatic ring is 1. The van der Waals surface area contributed by atoms with Gasteiger partial charge in [0.2, 0.25) is 0 Å². The Balaban J connectivity index is 0.00000364. The molecule has 1 aliphatic carbocycles. The van der Waals surface area contributed by atoms with Crippen LogP contribution in [0.25, 0.3) is 6.08 Å². The number of hydrogen-bond donors (Lipinski definition) is 1. The standard InChI is InChI=1S/C14H14N2O8S2.2Na/c15-11-5-4-10(12(9-11)25(19,20)21)6-8-14(16(17)18)7-2-1-3-13(14)26(22,23)24;;/h1-9,13H,15H2,(H,19,20,21)(H,22,23,24);;/q;2*+1/p-2. The SMILES string of the molecule is Nc1ccc(C=CC2([N+](=O)[O-])C=CC=CC2S(=O)(=O)[O-])c(S(=O)(=O)[O-])c1.[Na+].[Na+]. The summed E-state index contributed by atoms with van der Waals surface area (Å²) < 4.78 is 68.4. The molecule has 14 heteroatoms. The van der Waals surface area contributed by atoms with E-state index in [2.05, 4.69) is 0 Å². The molecule has 140 valence electrons. The minimum absolute atomic E-state index is 0. The number of benzene rings is 1. The van der Waals surface area contributed by atoms with Crippen LogP contribution in [-0.2, 0) is 20.2 Å². The van der Waals surface area contributed by atoms with Crippen LogP contribution in [-0.4, -0.2) is 41.7 Å². The maximum Gasteiger partial charge on any atom is 1.00 e. The van der Waals surface area contributed by atoms with E-state index in [0.717, 1.165) is 36.4 Å². The molecule has 0 aromatic heterocycles. The van der Waals surface area contributed by atoms with E-state index in [4.69, 9.17) is 5.73 Å². The van der Waals surface area contributed by atoms with E-state index in [0.29, 0.717) is 0 Å². The molecule has 1 aliphatic rings. The van der Waals surface area contributed by atoms with Gasteiger partial charge in [0.1, 0.15) is 25.5 Å². The van der Waals surface area contributed by atoms with Gasteiger partial charge in [-0.15, -0.1) is 0 Å². The molecule has 0 fully saturated rings. The van der Waals surface area contributed by atoms with Crippen LogP contribution in [0.15, 0.2) is 53.5 Å². The second-order valence-corrected chi connectivity index (χ2v) is 8.23. The molecule has 0 saturated carbocycles. The van der Waals surface area contributed by atoms with E-state index in [-0.39, 0.29) is 70.4 Å². The molecule has 0 heterocycles. The molecule has 0 bridgehead atoms. The first-order chi connectivity index (χ1) is 11.9. The van der Waals surface area contributed by atoms with Crippen molar-refractivity contribution in [1.29, 1.82) is 0 Å². The molecule has 1 aromatic carbocycles. The molecular formula is C14H12N2Na2O8S2. The molecule has 0 amide bonds. The number of nitrogens with zero attached hydrogens (tertiary/aromatic N) is 1. The number of nitro groups is 1. The predicted octanol–water partition coefficient (Wildman–Crippen LogP) is -5.75. The summed E-state index contributed by atoms with van der Waals surface area (Å²) in [7, 11) is -10.1. The fourth-order valence-corrected chi connectivity index (χ4v) is 4.15. The molecule has 2 atom stereocenters. The average molecular weight is 446 g/mol. The molecule has 2 unspecified atom stereocenters. The minimum Gasteiger partial charge on any atom is -0.747 e. The van der Waals surface area contributed by atoms with Crippen molar-refractivity contribution in [3.63, 3.8) is 0 Å². The second kappa shape index (κ2) is 9.98. The zero-order chi connectivity index (χ0) is 19.8. The van der Waals surface area contributed by atoms with Gasteiger partial charge in [0.25, 0.3) is 5.54 Å². The van der Waals surface area contributed by atoms with Gasteiger partial charge in [-0.3, -0.25) is 10.1 Å². The molecule has 1 aromatic rings. The van der Waals surface area contributed by atoms with E-state index in [9.17, 15) is 36.1 Å². The Morgan fingerprint density at radius 2 is 1.71 bits per heavy atom. The predicted molar refractivity (Wildman–Crippen MR) is 89.3 cm³/mol. The average Bonchev–Trinajstić information content (AvgIpc) is 2.52. The van der Waals surface area contributed by atoms with Crippen LogP contribution in [0.1, 0.15) is 5.56 Å². The fourth-order valence-electron chi connectivity index (χ4n) is 2.46. The van der Waals surface area contributed by atoms with Gasteiger partial charge < -0.3 is 14.8 Å². The van der Waals surface area contributed by atoms with E-state index in [1.807, 2.05) is 0 Å². The molecule has 10 nitrogen and oxygen atoms in total. The van der Waals surface area contributed by atoms with Gasteiger partial charge in [0, 0.05) is 10.6 Å². The molecule has 0 spiro atoms. The number of nitrogens with two attached hydrogens (primary N) is 1. The van der Waals surface area contributed by atoms with Crippen LogP contribution in [0.4, 0.5) is 5.69 Å². The van der Waals surface area contributed by atoms with Gasteiger partial charge >= 0.3 is 59.1 Å². The van der Waals surface area contributed by atoms with Gasteiger partial charge in [-0.25, -0.2) is 16.8 Å². The van der Waals surface area contributed by atoms with E-state index >= 15 is 0 Å². The molecular weight excluding hydrogens is 434 g/mol. The summed E-state index contributed by atoms with van der Waals surface area (Å²) in [6, 6.07) is 3.26. The number of allylic oxidation sites excluding steroid dienone is 2. The van der Waals surface area contributed by atoms with Crippen LogP contribution in [0.3, 0.4) is 0 Å². The summed E-state index contributed by atoms with van der Waals surface area (Å²) in [6.07, 6.45) is 5.77. The monoisotopic (exact) mass is 446 g/mol. The Morgan fingerprint density at radius 3 is 2.21 bits per heavy atom. The maximum atomic E-state index is 11.6. The third kappa shape index (κ3) is 5.98. The summed E-state index contributed by atoms with van der Waals surface area (Å²) in [5.74, 6) is 0. The Labute approximate surface area is 205 Å². The summed E-state index contributed by atoms with van der Waals surface area (Å²) in [5.41, 5.74) is 2.72. The van der Waals surface area contributed by atoms with E-state index in [1.54, 1.807) is 0 Å². The van der Waals surface area contributed by atoms with Crippen molar-refractivity contribution < 1.29 is 90.0 Å². The van der Waals surface area contributed by atoms with E-state index in [1.165, 1.54) is 18.2 Å². The van der Waals surface area contributed by atoms with Gasteiger partial charge in [-0.05, 0) is 29.8 Å². The smallest absolute Gasteiger partial charge is 0.747 e. The summed E-state index contributed by atoms with van der Waals surface area (Å²) in [4.78, 5) is 9.84. The van der Waals surface area contributed by atoms with Crippen molar-refractivity contribution >= 4 is 32.0 Å². The quantitative estimate of drug-likeness (QED) is 0.151. The second-order valence-electron chi connectivity index (χ2n) is 5.39. The first kappa shape index (κ1) is 27.5. The Bertz CT molecular complexity index is 1050. The van der Waals surface area contributed by atoms with Crippen molar-refractivity contribution in [3.8, 4) is 0 Å². The normalized spacial score (nSPS) is 21.7. The van der Waals surface area contributed by atoms with Crippen LogP contribution in [0, 0.1) is 10.1 Å². The van der Waals surface area contributed by atoms with Crippen LogP contribution < -0.4 is 64.8 Å². The van der Waals surface area contributed by atoms with Gasteiger partial charge in [-0.1, -0.05) is 30.4 Å². The van der Waals surface area contributed by atoms with Crippen molar-refractivity contribution in [2.75, 3.05) is 5.73 Å². The minimum atomic E-state index is -5.11. The maximum absolute atomic E-state index is 11.6. The van der Waals surface area contributed by atoms with Crippen molar-refractivity contribution in [1.82, 2.24) is 0 Å². The number of anilines is 1. The molecule has 0 aliphatic heterocycles. The Morgan fingerprint density at radius 1 is 1.11 bits per heavy atom. The number of rotatable bonds is 5. The molecule has 2 rings (SSSR count). The Hall–Kier alpha value is -0.540. The summed E-state index contributed by atoms with van der Waals surface area (Å²) in [6.45, 7) is 0. The molecule has 28 heavy (non-hydrogen) atoms. The van der Waals surface area contributed by atoms with Crippen molar-refractivity contribution in [2.24, 2.45) is 0 Å². The van der Waals surface area contributed by atoms with Gasteiger partial charge in [0.05, 0.1) is 4.90 Å². The molecule has 0 saturated heterocycles.